The van der Waals surface area contributed by atoms with Gasteiger partial charge in [-0.25, -0.2) is 4.79 Å². The molecule has 0 aliphatic carbocycles. The number of rotatable bonds is 13. The lowest BCUT2D eigenvalue weighted by Gasteiger charge is -2.38. The number of nitrogens with one attached hydrogen (secondary N) is 1. The summed E-state index contributed by atoms with van der Waals surface area (Å²) < 4.78 is 22.3. The van der Waals surface area contributed by atoms with Crippen LogP contribution in [0.2, 0.25) is 5.02 Å². The third-order valence-electron chi connectivity index (χ3n) is 6.07. The molecule has 40 heavy (non-hydrogen) atoms. The number of amides is 1. The summed E-state index contributed by atoms with van der Waals surface area (Å²) in [7, 11) is 2.91. The standard InChI is InChI=1S/C31H38ClNO6S/c1-30(2,3)39-29(35)33-31(21-34,28(36-4)37-5)17-16-23-14-15-26(19-27(23)32)40-25-13-9-12-24(18-25)38-20-22-10-7-6-8-11-22/h6-15,18-19,28,34H,16-17,20-21H2,1-5H3,(H,33,35). The highest BCUT2D eigenvalue weighted by Crippen LogP contribution is 2.34. The van der Waals surface area contributed by atoms with Gasteiger partial charge in [0.05, 0.1) is 6.61 Å². The minimum atomic E-state index is -1.25. The van der Waals surface area contributed by atoms with Gasteiger partial charge in [0.25, 0.3) is 0 Å². The lowest BCUT2D eigenvalue weighted by atomic mass is 9.91. The summed E-state index contributed by atoms with van der Waals surface area (Å²) in [5.74, 6) is 0.792. The number of aliphatic hydroxyl groups is 1. The van der Waals surface area contributed by atoms with Crippen LogP contribution in [0.1, 0.15) is 38.3 Å². The molecule has 3 rings (SSSR count). The summed E-state index contributed by atoms with van der Waals surface area (Å²) in [5, 5.41) is 13.7. The predicted octanol–water partition coefficient (Wildman–Crippen LogP) is 6.88. The average molecular weight is 588 g/mol. The van der Waals surface area contributed by atoms with Crippen molar-refractivity contribution < 1.29 is 28.8 Å². The van der Waals surface area contributed by atoms with Crippen molar-refractivity contribution >= 4 is 29.5 Å². The second-order valence-electron chi connectivity index (χ2n) is 10.3. The highest BCUT2D eigenvalue weighted by Gasteiger charge is 2.42. The number of benzene rings is 3. The normalized spacial score (nSPS) is 13.1. The van der Waals surface area contributed by atoms with E-state index in [1.807, 2.05) is 72.8 Å². The number of alkyl carbamates (subject to hydrolysis) is 1. The Morgan fingerprint density at radius 1 is 0.975 bits per heavy atom. The topological polar surface area (TPSA) is 86.3 Å². The number of methoxy groups -OCH3 is 2. The minimum absolute atomic E-state index is 0.294. The van der Waals surface area contributed by atoms with E-state index in [4.69, 9.17) is 30.5 Å². The first-order chi connectivity index (χ1) is 19.1. The fourth-order valence-electron chi connectivity index (χ4n) is 4.14. The van der Waals surface area contributed by atoms with Gasteiger partial charge in [0.15, 0.2) is 6.29 Å². The monoisotopic (exact) mass is 587 g/mol. The highest BCUT2D eigenvalue weighted by molar-refractivity contribution is 7.99. The number of carbonyl (C=O) groups excluding carboxylic acids is 1. The van der Waals surface area contributed by atoms with E-state index in [0.717, 1.165) is 26.7 Å². The Morgan fingerprint density at radius 3 is 2.30 bits per heavy atom. The van der Waals surface area contributed by atoms with Gasteiger partial charge >= 0.3 is 6.09 Å². The maximum Gasteiger partial charge on any atom is 0.408 e. The molecule has 216 valence electrons. The highest BCUT2D eigenvalue weighted by atomic mass is 35.5. The number of aryl methyl sites for hydroxylation is 1. The zero-order chi connectivity index (χ0) is 29.2. The van der Waals surface area contributed by atoms with Crippen molar-refractivity contribution in [3.63, 3.8) is 0 Å². The van der Waals surface area contributed by atoms with Crippen LogP contribution in [0.3, 0.4) is 0 Å². The van der Waals surface area contributed by atoms with Crippen molar-refractivity contribution in [3.05, 3.63) is 88.9 Å². The first kappa shape index (κ1) is 31.8. The summed E-state index contributed by atoms with van der Waals surface area (Å²) in [5.41, 5.74) is 0.0195. The van der Waals surface area contributed by atoms with Gasteiger partial charge in [-0.2, -0.15) is 0 Å². The third kappa shape index (κ3) is 9.42. The Kier molecular flexibility index (Phi) is 11.7. The summed E-state index contributed by atoms with van der Waals surface area (Å²) >= 11 is 8.26. The molecule has 1 atom stereocenters. The molecule has 0 radical (unpaired) electrons. The molecule has 0 saturated carbocycles. The van der Waals surface area contributed by atoms with Gasteiger partial charge in [-0.1, -0.05) is 65.8 Å². The fraction of sp³-hybridized carbons (Fsp3) is 0.387. The van der Waals surface area contributed by atoms with Gasteiger partial charge in [-0.15, -0.1) is 0 Å². The van der Waals surface area contributed by atoms with Crippen molar-refractivity contribution in [2.45, 2.75) is 67.4 Å². The van der Waals surface area contributed by atoms with E-state index >= 15 is 0 Å². The van der Waals surface area contributed by atoms with E-state index in [2.05, 4.69) is 5.32 Å². The largest absolute Gasteiger partial charge is 0.489 e. The molecular formula is C31H38ClNO6S. The Morgan fingerprint density at radius 2 is 1.68 bits per heavy atom. The molecule has 1 unspecified atom stereocenters. The first-order valence-corrected chi connectivity index (χ1v) is 14.2. The molecule has 0 spiro atoms. The fourth-order valence-corrected chi connectivity index (χ4v) is 5.39. The maximum atomic E-state index is 12.6. The van der Waals surface area contributed by atoms with Crippen LogP contribution in [-0.4, -0.2) is 49.5 Å². The molecule has 0 bridgehead atoms. The number of hydrogen-bond donors (Lipinski definition) is 2. The first-order valence-electron chi connectivity index (χ1n) is 13.0. The lowest BCUT2D eigenvalue weighted by Crippen LogP contribution is -2.61. The minimum Gasteiger partial charge on any atom is -0.489 e. The quantitative estimate of drug-likeness (QED) is 0.211. The van der Waals surface area contributed by atoms with Crippen molar-refractivity contribution in [1.29, 1.82) is 0 Å². The van der Waals surface area contributed by atoms with Gasteiger partial charge in [0.1, 0.15) is 23.5 Å². The van der Waals surface area contributed by atoms with E-state index in [-0.39, 0.29) is 0 Å². The van der Waals surface area contributed by atoms with E-state index in [9.17, 15) is 9.90 Å². The van der Waals surface area contributed by atoms with Gasteiger partial charge < -0.3 is 29.4 Å². The summed E-state index contributed by atoms with van der Waals surface area (Å²) in [6, 6.07) is 23.8. The van der Waals surface area contributed by atoms with Gasteiger partial charge in [-0.05, 0) is 75.1 Å². The van der Waals surface area contributed by atoms with Crippen molar-refractivity contribution in [3.8, 4) is 5.75 Å². The molecule has 0 aliphatic heterocycles. The molecular weight excluding hydrogens is 550 g/mol. The maximum absolute atomic E-state index is 12.6. The van der Waals surface area contributed by atoms with Crippen molar-refractivity contribution in [1.82, 2.24) is 5.32 Å². The van der Waals surface area contributed by atoms with Crippen LogP contribution in [0, 0.1) is 0 Å². The molecule has 3 aromatic rings. The summed E-state index contributed by atoms with van der Waals surface area (Å²) in [4.78, 5) is 14.6. The van der Waals surface area contributed by atoms with Gasteiger partial charge in [0.2, 0.25) is 0 Å². The second kappa shape index (κ2) is 14.8. The molecule has 0 heterocycles. The van der Waals surface area contributed by atoms with Crippen LogP contribution in [0.15, 0.2) is 82.6 Å². The molecule has 0 saturated heterocycles. The molecule has 0 aromatic heterocycles. The Labute approximate surface area is 246 Å². The number of carbonyl (C=O) groups is 1. The number of aliphatic hydroxyl groups excluding tert-OH is 1. The van der Waals surface area contributed by atoms with Crippen LogP contribution < -0.4 is 10.1 Å². The number of hydrogen-bond acceptors (Lipinski definition) is 7. The van der Waals surface area contributed by atoms with Crippen LogP contribution in [0.5, 0.6) is 5.75 Å². The van der Waals surface area contributed by atoms with Crippen LogP contribution in [-0.2, 0) is 27.2 Å². The molecule has 0 aliphatic rings. The van der Waals surface area contributed by atoms with Crippen LogP contribution >= 0.6 is 23.4 Å². The predicted molar refractivity (Wildman–Crippen MR) is 158 cm³/mol. The zero-order valence-electron chi connectivity index (χ0n) is 23.6. The van der Waals surface area contributed by atoms with Crippen molar-refractivity contribution in [2.75, 3.05) is 20.8 Å². The molecule has 7 nitrogen and oxygen atoms in total. The van der Waals surface area contributed by atoms with E-state index in [0.29, 0.717) is 24.5 Å². The Hall–Kier alpha value is -2.75. The zero-order valence-corrected chi connectivity index (χ0v) is 25.2. The number of ether oxygens (including phenoxy) is 4. The molecule has 1 amide bonds. The van der Waals surface area contributed by atoms with Crippen LogP contribution in [0.4, 0.5) is 4.79 Å². The molecule has 0 fully saturated rings. The van der Waals surface area contributed by atoms with Gasteiger partial charge in [-0.3, -0.25) is 0 Å². The summed E-state index contributed by atoms with van der Waals surface area (Å²) in [6.07, 6.45) is -0.836. The van der Waals surface area contributed by atoms with E-state index < -0.39 is 30.1 Å². The second-order valence-corrected chi connectivity index (χ2v) is 11.9. The number of halogens is 1. The third-order valence-corrected chi connectivity index (χ3v) is 7.40. The van der Waals surface area contributed by atoms with Crippen LogP contribution in [0.25, 0.3) is 0 Å². The SMILES string of the molecule is COC(OC)C(CO)(CCc1ccc(Sc2cccc(OCc3ccccc3)c2)cc1Cl)NC(=O)OC(C)(C)C. The molecule has 9 heteroatoms. The Bertz CT molecular complexity index is 1230. The van der Waals surface area contributed by atoms with Gasteiger partial charge in [0, 0.05) is 29.0 Å². The van der Waals surface area contributed by atoms with E-state index in [1.165, 1.54) is 14.2 Å². The molecule has 2 N–H and O–H groups in total. The molecule has 3 aromatic carbocycles. The lowest BCUT2D eigenvalue weighted by molar-refractivity contribution is -0.167. The Balaban J connectivity index is 1.68. The summed E-state index contributed by atoms with van der Waals surface area (Å²) in [6.45, 7) is 5.38. The average Bonchev–Trinajstić information content (AvgIpc) is 2.91. The van der Waals surface area contributed by atoms with E-state index in [1.54, 1.807) is 32.5 Å². The van der Waals surface area contributed by atoms with Crippen molar-refractivity contribution in [2.24, 2.45) is 0 Å². The smallest absolute Gasteiger partial charge is 0.408 e.